The van der Waals surface area contributed by atoms with Crippen molar-refractivity contribution >= 4 is 50.7 Å². The van der Waals surface area contributed by atoms with Crippen molar-refractivity contribution in [1.29, 1.82) is 0 Å². The molecule has 3 aromatic carbocycles. The molecule has 0 saturated carbocycles. The van der Waals surface area contributed by atoms with Gasteiger partial charge in [-0.2, -0.15) is 0 Å². The van der Waals surface area contributed by atoms with E-state index in [4.69, 9.17) is 23.2 Å². The van der Waals surface area contributed by atoms with E-state index in [0.717, 1.165) is 16.1 Å². The summed E-state index contributed by atoms with van der Waals surface area (Å²) in [5, 5.41) is 3.25. The quantitative estimate of drug-likeness (QED) is 0.332. The molecule has 0 saturated heterocycles. The molecule has 0 aliphatic rings. The van der Waals surface area contributed by atoms with Crippen LogP contribution in [0.5, 0.6) is 0 Å². The van der Waals surface area contributed by atoms with Crippen molar-refractivity contribution in [2.75, 3.05) is 17.1 Å². The van der Waals surface area contributed by atoms with Crippen LogP contribution < -0.4 is 9.62 Å². The Morgan fingerprint density at radius 2 is 1.57 bits per heavy atom. The Balaban J connectivity index is 2.09. The summed E-state index contributed by atoms with van der Waals surface area (Å²) >= 11 is 12.4. The number of carbonyl (C=O) groups excluding carboxylic acids is 2. The fourth-order valence-electron chi connectivity index (χ4n) is 4.07. The normalized spacial score (nSPS) is 12.5. The lowest BCUT2D eigenvalue weighted by atomic mass is 10.0. The first-order valence-corrected chi connectivity index (χ1v) is 15.1. The Morgan fingerprint density at radius 1 is 0.950 bits per heavy atom. The first-order valence-electron chi connectivity index (χ1n) is 12.5. The van der Waals surface area contributed by atoms with Crippen LogP contribution in [0.1, 0.15) is 31.9 Å². The largest absolute Gasteiger partial charge is 0.350 e. The van der Waals surface area contributed by atoms with Crippen LogP contribution in [0.2, 0.25) is 10.0 Å². The molecule has 0 radical (unpaired) electrons. The van der Waals surface area contributed by atoms with Gasteiger partial charge in [-0.1, -0.05) is 65.7 Å². The van der Waals surface area contributed by atoms with Crippen LogP contribution in [0, 0.1) is 5.82 Å². The number of carbonyl (C=O) groups is 2. The molecule has 1 atom stereocenters. The molecule has 0 spiro atoms. The Bertz CT molecular complexity index is 1450. The molecule has 2 amide bonds. The molecule has 0 aliphatic carbocycles. The van der Waals surface area contributed by atoms with Gasteiger partial charge >= 0.3 is 0 Å². The van der Waals surface area contributed by atoms with E-state index in [1.807, 2.05) is 51.1 Å². The molecular weight excluding hydrogens is 576 g/mol. The van der Waals surface area contributed by atoms with Crippen LogP contribution in [0.3, 0.4) is 0 Å². The number of anilines is 1. The fourth-order valence-corrected chi connectivity index (χ4v) is 5.35. The van der Waals surface area contributed by atoms with Crippen LogP contribution in [-0.4, -0.2) is 49.5 Å². The maximum Gasteiger partial charge on any atom is 0.244 e. The zero-order chi connectivity index (χ0) is 29.7. The van der Waals surface area contributed by atoms with Gasteiger partial charge in [0, 0.05) is 23.5 Å². The van der Waals surface area contributed by atoms with E-state index < -0.39 is 45.8 Å². The summed E-state index contributed by atoms with van der Waals surface area (Å²) in [6.45, 7) is 4.75. The minimum atomic E-state index is -4.01. The standard InChI is InChI=1S/C29H32Cl2FN3O4S/c1-29(2,3)33-28(37)26(16-20-8-6-5-7-9-20)34(18-21-10-13-23(32)14-11-21)27(36)19-35(40(4,38)39)25-17-22(30)12-15-24(25)31/h5-15,17,26H,16,18-19H2,1-4H3,(H,33,37)/t26-/m0/s1. The van der Waals surface area contributed by atoms with Gasteiger partial charge in [0.05, 0.1) is 17.0 Å². The maximum atomic E-state index is 14.0. The highest BCUT2D eigenvalue weighted by atomic mass is 35.5. The predicted molar refractivity (Wildman–Crippen MR) is 157 cm³/mol. The number of nitrogens with one attached hydrogen (secondary N) is 1. The highest BCUT2D eigenvalue weighted by Crippen LogP contribution is 2.31. The van der Waals surface area contributed by atoms with Crippen molar-refractivity contribution < 1.29 is 22.4 Å². The second kappa shape index (κ2) is 13.0. The van der Waals surface area contributed by atoms with Gasteiger partial charge in [0.25, 0.3) is 0 Å². The molecule has 3 rings (SSSR count). The molecule has 0 bridgehead atoms. The van der Waals surface area contributed by atoms with Gasteiger partial charge in [-0.05, 0) is 62.2 Å². The van der Waals surface area contributed by atoms with Crippen LogP contribution in [-0.2, 0) is 32.6 Å². The Kier molecular flexibility index (Phi) is 10.2. The van der Waals surface area contributed by atoms with Crippen molar-refractivity contribution in [3.05, 3.63) is 99.8 Å². The number of nitrogens with zero attached hydrogens (tertiary/aromatic N) is 2. The summed E-state index contributed by atoms with van der Waals surface area (Å²) in [5.74, 6) is -1.53. The third-order valence-electron chi connectivity index (χ3n) is 5.89. The van der Waals surface area contributed by atoms with E-state index in [9.17, 15) is 22.4 Å². The van der Waals surface area contributed by atoms with Crippen LogP contribution in [0.15, 0.2) is 72.8 Å². The minimum Gasteiger partial charge on any atom is -0.350 e. The van der Waals surface area contributed by atoms with Crippen LogP contribution in [0.25, 0.3) is 0 Å². The molecule has 214 valence electrons. The lowest BCUT2D eigenvalue weighted by Crippen LogP contribution is -2.56. The number of hydrogen-bond donors (Lipinski definition) is 1. The number of rotatable bonds is 10. The summed E-state index contributed by atoms with van der Waals surface area (Å²) in [4.78, 5) is 29.0. The molecule has 7 nitrogen and oxygen atoms in total. The molecule has 40 heavy (non-hydrogen) atoms. The third kappa shape index (κ3) is 8.94. The molecule has 0 aromatic heterocycles. The number of benzene rings is 3. The van der Waals surface area contributed by atoms with E-state index in [2.05, 4.69) is 5.32 Å². The number of hydrogen-bond acceptors (Lipinski definition) is 4. The lowest BCUT2D eigenvalue weighted by Gasteiger charge is -2.35. The van der Waals surface area contributed by atoms with Gasteiger partial charge in [-0.25, -0.2) is 12.8 Å². The highest BCUT2D eigenvalue weighted by Gasteiger charge is 2.34. The first-order chi connectivity index (χ1) is 18.6. The molecular formula is C29H32Cl2FN3O4S. The van der Waals surface area contributed by atoms with Gasteiger partial charge < -0.3 is 10.2 Å². The Hall–Kier alpha value is -3.14. The average Bonchev–Trinajstić information content (AvgIpc) is 2.86. The predicted octanol–water partition coefficient (Wildman–Crippen LogP) is 5.45. The van der Waals surface area contributed by atoms with Crippen molar-refractivity contribution in [1.82, 2.24) is 10.2 Å². The van der Waals surface area contributed by atoms with E-state index in [1.54, 1.807) is 0 Å². The number of sulfonamides is 1. The lowest BCUT2D eigenvalue weighted by molar-refractivity contribution is -0.140. The average molecular weight is 609 g/mol. The monoisotopic (exact) mass is 607 g/mol. The molecule has 11 heteroatoms. The van der Waals surface area contributed by atoms with Crippen molar-refractivity contribution in [2.24, 2.45) is 0 Å². The topological polar surface area (TPSA) is 86.8 Å². The summed E-state index contributed by atoms with van der Waals surface area (Å²) in [7, 11) is -4.01. The number of amides is 2. The summed E-state index contributed by atoms with van der Waals surface area (Å²) in [5.41, 5.74) is 0.781. The molecule has 0 fully saturated rings. The SMILES string of the molecule is CC(C)(C)NC(=O)[C@H](Cc1ccccc1)N(Cc1ccc(F)cc1)C(=O)CN(c1cc(Cl)ccc1Cl)S(C)(=O)=O. The van der Waals surface area contributed by atoms with Crippen LogP contribution in [0.4, 0.5) is 10.1 Å². The third-order valence-corrected chi connectivity index (χ3v) is 7.57. The van der Waals surface area contributed by atoms with Gasteiger partial charge in [0.2, 0.25) is 21.8 Å². The van der Waals surface area contributed by atoms with Crippen molar-refractivity contribution in [3.63, 3.8) is 0 Å². The smallest absolute Gasteiger partial charge is 0.244 e. The van der Waals surface area contributed by atoms with E-state index in [1.165, 1.54) is 47.4 Å². The van der Waals surface area contributed by atoms with Crippen molar-refractivity contribution in [3.8, 4) is 0 Å². The molecule has 0 aliphatic heterocycles. The maximum absolute atomic E-state index is 14.0. The van der Waals surface area contributed by atoms with Crippen LogP contribution >= 0.6 is 23.2 Å². The second-order valence-corrected chi connectivity index (χ2v) is 13.2. The van der Waals surface area contributed by atoms with Gasteiger partial charge in [0.15, 0.2) is 0 Å². The zero-order valence-electron chi connectivity index (χ0n) is 22.7. The van der Waals surface area contributed by atoms with Crippen molar-refractivity contribution in [2.45, 2.75) is 45.3 Å². The molecule has 1 N–H and O–H groups in total. The fraction of sp³-hybridized carbons (Fsp3) is 0.310. The highest BCUT2D eigenvalue weighted by molar-refractivity contribution is 7.92. The van der Waals surface area contributed by atoms with Gasteiger partial charge in [-0.3, -0.25) is 13.9 Å². The molecule has 3 aromatic rings. The summed E-state index contributed by atoms with van der Waals surface area (Å²) < 4.78 is 40.3. The Labute approximate surface area is 244 Å². The summed E-state index contributed by atoms with van der Waals surface area (Å²) in [6.07, 6.45) is 1.11. The van der Waals surface area contributed by atoms with E-state index in [-0.39, 0.29) is 28.7 Å². The first kappa shape index (κ1) is 31.4. The zero-order valence-corrected chi connectivity index (χ0v) is 25.0. The van der Waals surface area contributed by atoms with E-state index >= 15 is 0 Å². The van der Waals surface area contributed by atoms with E-state index in [0.29, 0.717) is 5.56 Å². The Morgan fingerprint density at radius 3 is 2.15 bits per heavy atom. The minimum absolute atomic E-state index is 0.0329. The van der Waals surface area contributed by atoms with Gasteiger partial charge in [0.1, 0.15) is 18.4 Å². The molecule has 0 heterocycles. The summed E-state index contributed by atoms with van der Waals surface area (Å²) in [6, 6.07) is 18.0. The van der Waals surface area contributed by atoms with Gasteiger partial charge in [-0.15, -0.1) is 0 Å². The number of halogens is 3. The molecule has 0 unspecified atom stereocenters. The second-order valence-electron chi connectivity index (χ2n) is 10.5.